The Labute approximate surface area is 106 Å². The Kier molecular flexibility index (Phi) is 3.79. The van der Waals surface area contributed by atoms with Gasteiger partial charge in [0.25, 0.3) is 0 Å². The molecule has 7 heteroatoms. The SMILES string of the molecule is C[C@H]1C(C[C@H](O)CN=[N+]=[N-])O[C@@H]2OC(C)(C)O[C@@H]21. The Morgan fingerprint density at radius 1 is 1.44 bits per heavy atom. The van der Waals surface area contributed by atoms with Gasteiger partial charge in [-0.2, -0.15) is 0 Å². The van der Waals surface area contributed by atoms with Crippen LogP contribution in [-0.2, 0) is 14.2 Å². The number of fused-ring (bicyclic) bond motifs is 1. The molecule has 1 N–H and O–H groups in total. The molecule has 5 atom stereocenters. The van der Waals surface area contributed by atoms with E-state index < -0.39 is 11.9 Å². The molecule has 2 fully saturated rings. The highest BCUT2D eigenvalue weighted by atomic mass is 16.8. The van der Waals surface area contributed by atoms with E-state index in [1.807, 2.05) is 20.8 Å². The highest BCUT2D eigenvalue weighted by Gasteiger charge is 2.52. The quantitative estimate of drug-likeness (QED) is 0.469. The van der Waals surface area contributed by atoms with Crippen molar-refractivity contribution in [1.82, 2.24) is 0 Å². The number of hydrogen-bond donors (Lipinski definition) is 1. The lowest BCUT2D eigenvalue weighted by Crippen LogP contribution is -2.31. The molecule has 2 aliphatic rings. The maximum Gasteiger partial charge on any atom is 0.187 e. The molecule has 18 heavy (non-hydrogen) atoms. The fraction of sp³-hybridized carbons (Fsp3) is 1.00. The van der Waals surface area contributed by atoms with Crippen LogP contribution in [-0.4, -0.2) is 42.0 Å². The zero-order chi connectivity index (χ0) is 13.3. The zero-order valence-corrected chi connectivity index (χ0v) is 10.8. The van der Waals surface area contributed by atoms with Gasteiger partial charge in [-0.3, -0.25) is 0 Å². The molecule has 0 amide bonds. The van der Waals surface area contributed by atoms with Crippen LogP contribution in [0, 0.1) is 5.92 Å². The van der Waals surface area contributed by atoms with Crippen molar-refractivity contribution in [1.29, 1.82) is 0 Å². The van der Waals surface area contributed by atoms with E-state index in [1.54, 1.807) is 0 Å². The van der Waals surface area contributed by atoms with E-state index in [1.165, 1.54) is 0 Å². The van der Waals surface area contributed by atoms with E-state index in [4.69, 9.17) is 19.7 Å². The molecule has 0 aromatic heterocycles. The van der Waals surface area contributed by atoms with Gasteiger partial charge in [-0.05, 0) is 19.4 Å². The summed E-state index contributed by atoms with van der Waals surface area (Å²) in [6.45, 7) is 5.78. The molecule has 1 unspecified atom stereocenters. The fourth-order valence-corrected chi connectivity index (χ4v) is 2.47. The minimum absolute atomic E-state index is 0.0611. The monoisotopic (exact) mass is 257 g/mol. The molecule has 0 bridgehead atoms. The molecule has 102 valence electrons. The summed E-state index contributed by atoms with van der Waals surface area (Å²) >= 11 is 0. The van der Waals surface area contributed by atoms with Crippen LogP contribution < -0.4 is 0 Å². The van der Waals surface area contributed by atoms with E-state index in [9.17, 15) is 5.11 Å². The first kappa shape index (κ1) is 13.6. The number of ether oxygens (including phenoxy) is 3. The summed E-state index contributed by atoms with van der Waals surface area (Å²) in [5, 5.41) is 13.0. The van der Waals surface area contributed by atoms with Gasteiger partial charge in [0.1, 0.15) is 6.10 Å². The summed E-state index contributed by atoms with van der Waals surface area (Å²) in [5.41, 5.74) is 8.19. The predicted octanol–water partition coefficient (Wildman–Crippen LogP) is 1.56. The number of nitrogens with zero attached hydrogens (tertiary/aromatic N) is 3. The van der Waals surface area contributed by atoms with Crippen molar-refractivity contribution >= 4 is 0 Å². The van der Waals surface area contributed by atoms with Gasteiger partial charge in [0.15, 0.2) is 12.1 Å². The highest BCUT2D eigenvalue weighted by molar-refractivity contribution is 4.91. The standard InChI is InChI=1S/C11H19N3O4/c1-6-8(4-7(15)5-13-14-12)16-10-9(6)17-11(2,3)18-10/h6-10,15H,4-5H2,1-3H3/t6-,7-,8?,9+,10+/m0/s1. The number of aliphatic hydroxyl groups excluding tert-OH is 1. The first-order chi connectivity index (χ1) is 8.43. The molecule has 0 spiro atoms. The van der Waals surface area contributed by atoms with Gasteiger partial charge >= 0.3 is 0 Å². The maximum atomic E-state index is 9.70. The third-order valence-electron chi connectivity index (χ3n) is 3.36. The third kappa shape index (κ3) is 2.76. The molecule has 0 radical (unpaired) electrons. The smallest absolute Gasteiger partial charge is 0.187 e. The normalized spacial score (nSPS) is 39.1. The average molecular weight is 257 g/mol. The summed E-state index contributed by atoms with van der Waals surface area (Å²) in [6.07, 6.45) is -0.885. The summed E-state index contributed by atoms with van der Waals surface area (Å²) in [4.78, 5) is 2.62. The molecule has 7 nitrogen and oxygen atoms in total. The Balaban J connectivity index is 1.89. The van der Waals surface area contributed by atoms with E-state index in [0.717, 1.165) is 0 Å². The van der Waals surface area contributed by atoms with Crippen LogP contribution in [0.3, 0.4) is 0 Å². The Bertz CT molecular complexity index is 356. The van der Waals surface area contributed by atoms with Crippen molar-refractivity contribution in [2.45, 2.75) is 57.6 Å². The van der Waals surface area contributed by atoms with Crippen LogP contribution >= 0.6 is 0 Å². The molecule has 2 aliphatic heterocycles. The van der Waals surface area contributed by atoms with Gasteiger partial charge in [0.05, 0.1) is 18.8 Å². The Hall–Kier alpha value is -0.850. The molecular formula is C11H19N3O4. The molecule has 2 heterocycles. The van der Waals surface area contributed by atoms with Gasteiger partial charge in [-0.15, -0.1) is 0 Å². The number of hydrogen-bond acceptors (Lipinski definition) is 5. The first-order valence-electron chi connectivity index (χ1n) is 6.13. The van der Waals surface area contributed by atoms with Crippen molar-refractivity contribution in [2.75, 3.05) is 6.54 Å². The summed E-state index contributed by atoms with van der Waals surface area (Å²) < 4.78 is 17.1. The van der Waals surface area contributed by atoms with Crippen molar-refractivity contribution in [3.8, 4) is 0 Å². The summed E-state index contributed by atoms with van der Waals surface area (Å²) in [6, 6.07) is 0. The number of azide groups is 1. The van der Waals surface area contributed by atoms with Crippen molar-refractivity contribution in [2.24, 2.45) is 11.0 Å². The molecular weight excluding hydrogens is 238 g/mol. The van der Waals surface area contributed by atoms with Crippen LogP contribution in [0.2, 0.25) is 0 Å². The second-order valence-electron chi connectivity index (χ2n) is 5.31. The van der Waals surface area contributed by atoms with E-state index in [0.29, 0.717) is 6.42 Å². The van der Waals surface area contributed by atoms with Crippen LogP contribution in [0.25, 0.3) is 10.4 Å². The molecule has 0 aromatic rings. The summed E-state index contributed by atoms with van der Waals surface area (Å²) in [5.74, 6) is -0.476. The minimum atomic E-state index is -0.694. The highest BCUT2D eigenvalue weighted by Crippen LogP contribution is 2.41. The second-order valence-corrected chi connectivity index (χ2v) is 5.31. The van der Waals surface area contributed by atoms with Crippen LogP contribution in [0.4, 0.5) is 0 Å². The van der Waals surface area contributed by atoms with E-state index >= 15 is 0 Å². The number of aliphatic hydroxyl groups is 1. The van der Waals surface area contributed by atoms with Crippen LogP contribution in [0.15, 0.2) is 5.11 Å². The Morgan fingerprint density at radius 3 is 2.78 bits per heavy atom. The first-order valence-corrected chi connectivity index (χ1v) is 6.13. The van der Waals surface area contributed by atoms with Gasteiger partial charge in [0, 0.05) is 17.3 Å². The predicted molar refractivity (Wildman–Crippen MR) is 62.5 cm³/mol. The Morgan fingerprint density at radius 2 is 2.17 bits per heavy atom. The average Bonchev–Trinajstić information content (AvgIpc) is 2.71. The fourth-order valence-electron chi connectivity index (χ4n) is 2.47. The van der Waals surface area contributed by atoms with Crippen molar-refractivity contribution in [3.05, 3.63) is 10.4 Å². The molecule has 2 saturated heterocycles. The van der Waals surface area contributed by atoms with E-state index in [-0.39, 0.29) is 31.0 Å². The minimum Gasteiger partial charge on any atom is -0.393 e. The molecule has 0 aromatic carbocycles. The molecule has 2 rings (SSSR count). The summed E-state index contributed by atoms with van der Waals surface area (Å²) in [7, 11) is 0. The zero-order valence-electron chi connectivity index (χ0n) is 10.8. The third-order valence-corrected chi connectivity index (χ3v) is 3.36. The van der Waals surface area contributed by atoms with Crippen molar-refractivity contribution < 1.29 is 19.3 Å². The lowest BCUT2D eigenvalue weighted by Gasteiger charge is -2.24. The lowest BCUT2D eigenvalue weighted by molar-refractivity contribution is -0.211. The largest absolute Gasteiger partial charge is 0.393 e. The maximum absolute atomic E-state index is 9.70. The topological polar surface area (TPSA) is 96.7 Å². The van der Waals surface area contributed by atoms with Crippen LogP contribution in [0.1, 0.15) is 27.2 Å². The second kappa shape index (κ2) is 5.03. The molecule has 0 aliphatic carbocycles. The van der Waals surface area contributed by atoms with Gasteiger partial charge in [-0.1, -0.05) is 12.0 Å². The van der Waals surface area contributed by atoms with Crippen LogP contribution in [0.5, 0.6) is 0 Å². The number of rotatable bonds is 4. The van der Waals surface area contributed by atoms with E-state index in [2.05, 4.69) is 10.0 Å². The van der Waals surface area contributed by atoms with Crippen molar-refractivity contribution in [3.63, 3.8) is 0 Å². The van der Waals surface area contributed by atoms with Gasteiger partial charge < -0.3 is 19.3 Å². The lowest BCUT2D eigenvalue weighted by atomic mass is 9.96. The van der Waals surface area contributed by atoms with Gasteiger partial charge in [-0.25, -0.2) is 0 Å². The molecule has 0 saturated carbocycles. The van der Waals surface area contributed by atoms with Gasteiger partial charge in [0.2, 0.25) is 0 Å².